The van der Waals surface area contributed by atoms with Gasteiger partial charge < -0.3 is 19.3 Å². The molecule has 0 saturated carbocycles. The van der Waals surface area contributed by atoms with E-state index >= 15 is 0 Å². The molecule has 0 radical (unpaired) electrons. The third-order valence-corrected chi connectivity index (χ3v) is 1.96. The average molecular weight is 304 g/mol. The van der Waals surface area contributed by atoms with Crippen LogP contribution in [0.1, 0.15) is 41.0 Å². The van der Waals surface area contributed by atoms with Gasteiger partial charge in [0.2, 0.25) is 6.10 Å². The first-order valence-electron chi connectivity index (χ1n) is 6.24. The van der Waals surface area contributed by atoms with Crippen LogP contribution in [0.15, 0.2) is 0 Å². The molecule has 0 aliphatic heterocycles. The number of aliphatic carboxylic acids is 1. The molecule has 0 aromatic carbocycles. The van der Waals surface area contributed by atoms with Crippen molar-refractivity contribution in [1.82, 2.24) is 0 Å². The van der Waals surface area contributed by atoms with Crippen molar-refractivity contribution in [2.75, 3.05) is 0 Å². The number of hydrogen-bond acceptors (Lipinski definition) is 7. The quantitative estimate of drug-likeness (QED) is 0.562. The smallest absolute Gasteiger partial charge is 0.348 e. The first kappa shape index (κ1) is 18.9. The van der Waals surface area contributed by atoms with Crippen LogP contribution in [0.3, 0.4) is 0 Å². The van der Waals surface area contributed by atoms with Gasteiger partial charge in [-0.1, -0.05) is 0 Å². The van der Waals surface area contributed by atoms with Crippen molar-refractivity contribution in [2.24, 2.45) is 0 Å². The molecule has 0 aromatic heterocycles. The summed E-state index contributed by atoms with van der Waals surface area (Å²) in [4.78, 5) is 44.8. The van der Waals surface area contributed by atoms with Gasteiger partial charge in [-0.25, -0.2) is 9.59 Å². The Morgan fingerprint density at radius 2 is 1.57 bits per heavy atom. The fraction of sp³-hybridized carbons (Fsp3) is 0.692. The monoisotopic (exact) mass is 304 g/mol. The van der Waals surface area contributed by atoms with Crippen LogP contribution in [0, 0.1) is 0 Å². The highest BCUT2D eigenvalue weighted by molar-refractivity contribution is 5.85. The molecule has 0 amide bonds. The predicted molar refractivity (Wildman–Crippen MR) is 69.2 cm³/mol. The van der Waals surface area contributed by atoms with Gasteiger partial charge in [0, 0.05) is 6.92 Å². The number of esters is 3. The molecule has 21 heavy (non-hydrogen) atoms. The molecule has 0 aliphatic rings. The summed E-state index contributed by atoms with van der Waals surface area (Å²) < 4.78 is 14.3. The number of carbonyl (C=O) groups excluding carboxylic acids is 3. The molecule has 0 fully saturated rings. The zero-order chi connectivity index (χ0) is 16.8. The van der Waals surface area contributed by atoms with Crippen LogP contribution in [0.4, 0.5) is 0 Å². The lowest BCUT2D eigenvalue weighted by atomic mass is 10.2. The van der Waals surface area contributed by atoms with Crippen LogP contribution >= 0.6 is 0 Å². The van der Waals surface area contributed by atoms with Gasteiger partial charge in [-0.05, 0) is 27.7 Å². The van der Waals surface area contributed by atoms with E-state index < -0.39 is 48.1 Å². The maximum atomic E-state index is 11.7. The van der Waals surface area contributed by atoms with E-state index in [4.69, 9.17) is 14.6 Å². The molecule has 2 unspecified atom stereocenters. The van der Waals surface area contributed by atoms with E-state index in [0.717, 1.165) is 6.92 Å². The lowest BCUT2D eigenvalue weighted by Crippen LogP contribution is -2.37. The zero-order valence-corrected chi connectivity index (χ0v) is 12.7. The molecule has 0 heterocycles. The number of hydrogen-bond donors (Lipinski definition) is 1. The Bertz CT molecular complexity index is 404. The predicted octanol–water partition coefficient (Wildman–Crippen LogP) is 0.666. The van der Waals surface area contributed by atoms with Crippen molar-refractivity contribution in [3.63, 3.8) is 0 Å². The van der Waals surface area contributed by atoms with Crippen LogP contribution < -0.4 is 0 Å². The third kappa shape index (κ3) is 8.61. The van der Waals surface area contributed by atoms with Crippen molar-refractivity contribution < 1.29 is 38.5 Å². The van der Waals surface area contributed by atoms with Gasteiger partial charge in [0.25, 0.3) is 0 Å². The number of carboxylic acids is 1. The minimum absolute atomic E-state index is 0.751. The maximum absolute atomic E-state index is 11.7. The molecular weight excluding hydrogens is 284 g/mol. The van der Waals surface area contributed by atoms with Crippen molar-refractivity contribution in [1.29, 1.82) is 0 Å². The van der Waals surface area contributed by atoms with Crippen LogP contribution in [-0.2, 0) is 33.4 Å². The summed E-state index contributed by atoms with van der Waals surface area (Å²) in [5, 5.41) is 8.65. The highest BCUT2D eigenvalue weighted by atomic mass is 16.6. The lowest BCUT2D eigenvalue weighted by Gasteiger charge is -2.23. The van der Waals surface area contributed by atoms with Gasteiger partial charge in [0.15, 0.2) is 6.10 Å². The zero-order valence-electron chi connectivity index (χ0n) is 12.7. The molecule has 0 rings (SSSR count). The number of ether oxygens (including phenoxy) is 3. The first-order valence-corrected chi connectivity index (χ1v) is 6.24. The Morgan fingerprint density at radius 1 is 1.05 bits per heavy atom. The van der Waals surface area contributed by atoms with Crippen LogP contribution in [-0.4, -0.2) is 46.8 Å². The van der Waals surface area contributed by atoms with Crippen molar-refractivity contribution >= 4 is 23.9 Å². The molecule has 0 aromatic rings. The van der Waals surface area contributed by atoms with Gasteiger partial charge in [0.05, 0.1) is 6.42 Å². The molecule has 8 nitrogen and oxygen atoms in total. The largest absolute Gasteiger partial charge is 0.481 e. The van der Waals surface area contributed by atoms with Crippen LogP contribution in [0.25, 0.3) is 0 Å². The highest BCUT2D eigenvalue weighted by Gasteiger charge is 2.31. The number of carboxylic acid groups (broad SMARTS) is 1. The summed E-state index contributed by atoms with van der Waals surface area (Å²) in [6.07, 6.45) is -3.60. The molecule has 0 aliphatic carbocycles. The van der Waals surface area contributed by atoms with Gasteiger partial charge in [-0.3, -0.25) is 9.59 Å². The molecule has 0 spiro atoms. The molecule has 0 bridgehead atoms. The minimum atomic E-state index is -1.61. The van der Waals surface area contributed by atoms with E-state index in [9.17, 15) is 19.2 Å². The summed E-state index contributed by atoms with van der Waals surface area (Å²) >= 11 is 0. The molecule has 8 heteroatoms. The SMILES string of the molecule is CC(=O)OC(CC(=O)O)C(=O)OC(C)C(=O)OC(C)(C)C. The van der Waals surface area contributed by atoms with Crippen LogP contribution in [0.5, 0.6) is 0 Å². The fourth-order valence-corrected chi connectivity index (χ4v) is 1.22. The van der Waals surface area contributed by atoms with E-state index in [2.05, 4.69) is 4.74 Å². The molecule has 0 saturated heterocycles. The number of rotatable bonds is 6. The highest BCUT2D eigenvalue weighted by Crippen LogP contribution is 2.11. The standard InChI is InChI=1S/C13H20O8/c1-7(11(17)21-13(3,4)5)19-12(18)9(6-10(15)16)20-8(2)14/h7,9H,6H2,1-5H3,(H,15,16). The third-order valence-electron chi connectivity index (χ3n) is 1.96. The normalized spacial score (nSPS) is 13.8. The summed E-state index contributed by atoms with van der Waals surface area (Å²) in [6.45, 7) is 7.24. The summed E-state index contributed by atoms with van der Waals surface area (Å²) in [5.74, 6) is -4.08. The second kappa shape index (κ2) is 7.61. The van der Waals surface area contributed by atoms with E-state index in [1.807, 2.05) is 0 Å². The molecular formula is C13H20O8. The van der Waals surface area contributed by atoms with Crippen LogP contribution in [0.2, 0.25) is 0 Å². The Labute approximate surface area is 122 Å². The molecule has 120 valence electrons. The Hall–Kier alpha value is -2.12. The van der Waals surface area contributed by atoms with E-state index in [-0.39, 0.29) is 0 Å². The van der Waals surface area contributed by atoms with Crippen molar-refractivity contribution in [3.8, 4) is 0 Å². The van der Waals surface area contributed by atoms with Crippen molar-refractivity contribution in [2.45, 2.75) is 58.8 Å². The van der Waals surface area contributed by atoms with Crippen molar-refractivity contribution in [3.05, 3.63) is 0 Å². The second-order valence-electron chi connectivity index (χ2n) is 5.31. The topological polar surface area (TPSA) is 116 Å². The van der Waals surface area contributed by atoms with Gasteiger partial charge in [0.1, 0.15) is 5.60 Å². The number of carbonyl (C=O) groups is 4. The van der Waals surface area contributed by atoms with Gasteiger partial charge in [-0.2, -0.15) is 0 Å². The van der Waals surface area contributed by atoms with Gasteiger partial charge >= 0.3 is 23.9 Å². The summed E-state index contributed by atoms with van der Waals surface area (Å²) in [6, 6.07) is 0. The lowest BCUT2D eigenvalue weighted by molar-refractivity contribution is -0.182. The fourth-order valence-electron chi connectivity index (χ4n) is 1.22. The minimum Gasteiger partial charge on any atom is -0.481 e. The Balaban J connectivity index is 4.69. The molecule has 2 atom stereocenters. The van der Waals surface area contributed by atoms with E-state index in [1.165, 1.54) is 6.92 Å². The van der Waals surface area contributed by atoms with E-state index in [1.54, 1.807) is 20.8 Å². The average Bonchev–Trinajstić information content (AvgIpc) is 2.24. The summed E-state index contributed by atoms with van der Waals surface area (Å²) in [7, 11) is 0. The van der Waals surface area contributed by atoms with E-state index in [0.29, 0.717) is 0 Å². The first-order chi connectivity index (χ1) is 9.42. The van der Waals surface area contributed by atoms with Gasteiger partial charge in [-0.15, -0.1) is 0 Å². The molecule has 1 N–H and O–H groups in total. The maximum Gasteiger partial charge on any atom is 0.348 e. The Kier molecular flexibility index (Phi) is 6.84. The Morgan fingerprint density at radius 3 is 1.95 bits per heavy atom. The summed E-state index contributed by atoms with van der Waals surface area (Å²) in [5.41, 5.74) is -0.756. The second-order valence-corrected chi connectivity index (χ2v) is 5.31.